The molecule has 3 aromatic rings. The van der Waals surface area contributed by atoms with Crippen LogP contribution >= 0.6 is 0 Å². The fraction of sp³-hybridized carbons (Fsp3) is 0.179. The van der Waals surface area contributed by atoms with Gasteiger partial charge in [0.2, 0.25) is 5.91 Å². The molecule has 0 saturated carbocycles. The number of benzene rings is 3. The molecule has 0 aliphatic carbocycles. The number of nitrogens with one attached hydrogen (secondary N) is 1. The number of hydrogen-bond donors (Lipinski definition) is 1. The first-order valence-electron chi connectivity index (χ1n) is 10.8. The number of anilines is 1. The number of rotatable bonds is 8. The fourth-order valence-corrected chi connectivity index (χ4v) is 3.16. The summed E-state index contributed by atoms with van der Waals surface area (Å²) in [4.78, 5) is 24.0. The SMILES string of the molecule is COC(=O)c1cccc(C#Cc2cccc(NC(=O)CCCOc3ccc(C#N)cc3OC)c2)c1. The maximum Gasteiger partial charge on any atom is 0.337 e. The van der Waals surface area contributed by atoms with Crippen molar-refractivity contribution in [2.45, 2.75) is 12.8 Å². The summed E-state index contributed by atoms with van der Waals surface area (Å²) in [5, 5.41) is 11.8. The number of methoxy groups -OCH3 is 2. The van der Waals surface area contributed by atoms with Crippen LogP contribution in [-0.2, 0) is 9.53 Å². The van der Waals surface area contributed by atoms with Crippen LogP contribution in [0.1, 0.15) is 39.9 Å². The van der Waals surface area contributed by atoms with Crippen molar-refractivity contribution in [1.29, 1.82) is 5.26 Å². The van der Waals surface area contributed by atoms with Gasteiger partial charge in [0.1, 0.15) is 0 Å². The summed E-state index contributed by atoms with van der Waals surface area (Å²) in [5.41, 5.74) is 2.96. The van der Waals surface area contributed by atoms with Crippen LogP contribution in [0.5, 0.6) is 11.5 Å². The second-order valence-corrected chi connectivity index (χ2v) is 7.38. The van der Waals surface area contributed by atoms with E-state index in [1.807, 2.05) is 18.2 Å². The third kappa shape index (κ3) is 7.38. The molecule has 0 radical (unpaired) electrons. The van der Waals surface area contributed by atoms with E-state index in [0.717, 1.165) is 5.56 Å². The lowest BCUT2D eigenvalue weighted by Crippen LogP contribution is -2.13. The Hall–Kier alpha value is -4.75. The van der Waals surface area contributed by atoms with Crippen molar-refractivity contribution < 1.29 is 23.8 Å². The molecular formula is C28H24N2O5. The number of carbonyl (C=O) groups is 2. The van der Waals surface area contributed by atoms with Gasteiger partial charge in [-0.15, -0.1) is 0 Å². The maximum absolute atomic E-state index is 12.3. The van der Waals surface area contributed by atoms with E-state index in [2.05, 4.69) is 17.2 Å². The van der Waals surface area contributed by atoms with Crippen LogP contribution < -0.4 is 14.8 Å². The molecule has 3 rings (SSSR count). The standard InChI is InChI=1S/C28H24N2O5/c1-33-26-18-22(19-29)13-14-25(26)35-15-5-10-27(31)30-24-9-4-7-21(17-24)12-11-20-6-3-8-23(16-20)28(32)34-2/h3-4,6-9,13-14,16-18H,5,10,15H2,1-2H3,(H,30,31). The highest BCUT2D eigenvalue weighted by atomic mass is 16.5. The number of ether oxygens (including phenoxy) is 3. The van der Waals surface area contributed by atoms with Gasteiger partial charge in [-0.3, -0.25) is 4.79 Å². The Kier molecular flexibility index (Phi) is 8.87. The highest BCUT2D eigenvalue weighted by molar-refractivity contribution is 5.91. The Morgan fingerprint density at radius 1 is 0.886 bits per heavy atom. The molecule has 7 heteroatoms. The molecule has 3 aromatic carbocycles. The molecule has 7 nitrogen and oxygen atoms in total. The topological polar surface area (TPSA) is 97.6 Å². The van der Waals surface area contributed by atoms with Crippen LogP contribution in [-0.4, -0.2) is 32.7 Å². The Morgan fingerprint density at radius 2 is 1.63 bits per heavy atom. The average molecular weight is 469 g/mol. The van der Waals surface area contributed by atoms with Gasteiger partial charge >= 0.3 is 5.97 Å². The molecule has 0 aliphatic rings. The van der Waals surface area contributed by atoms with Gasteiger partial charge in [-0.05, 0) is 55.0 Å². The first-order valence-corrected chi connectivity index (χ1v) is 10.8. The van der Waals surface area contributed by atoms with Crippen LogP contribution in [0.25, 0.3) is 0 Å². The average Bonchev–Trinajstić information content (AvgIpc) is 2.89. The molecule has 0 saturated heterocycles. The van der Waals surface area contributed by atoms with Crippen molar-refractivity contribution in [3.63, 3.8) is 0 Å². The van der Waals surface area contributed by atoms with Gasteiger partial charge in [0, 0.05) is 29.3 Å². The monoisotopic (exact) mass is 468 g/mol. The molecule has 0 aromatic heterocycles. The number of nitrogens with zero attached hydrogens (tertiary/aromatic N) is 1. The van der Waals surface area contributed by atoms with Crippen LogP contribution in [0.4, 0.5) is 5.69 Å². The second-order valence-electron chi connectivity index (χ2n) is 7.38. The van der Waals surface area contributed by atoms with Gasteiger partial charge in [0.15, 0.2) is 11.5 Å². The van der Waals surface area contributed by atoms with Crippen molar-refractivity contribution in [3.05, 3.63) is 89.0 Å². The molecule has 1 amide bonds. The highest BCUT2D eigenvalue weighted by Crippen LogP contribution is 2.28. The Balaban J connectivity index is 1.52. The van der Waals surface area contributed by atoms with Crippen molar-refractivity contribution in [2.75, 3.05) is 26.1 Å². The summed E-state index contributed by atoms with van der Waals surface area (Å²) in [5.74, 6) is 6.50. The Labute approximate surface area is 204 Å². The summed E-state index contributed by atoms with van der Waals surface area (Å²) >= 11 is 0. The van der Waals surface area contributed by atoms with Crippen molar-refractivity contribution >= 4 is 17.6 Å². The predicted molar refractivity (Wildman–Crippen MR) is 131 cm³/mol. The number of esters is 1. The van der Waals surface area contributed by atoms with Crippen LogP contribution in [0.3, 0.4) is 0 Å². The minimum absolute atomic E-state index is 0.142. The quantitative estimate of drug-likeness (QED) is 0.296. The molecule has 35 heavy (non-hydrogen) atoms. The smallest absolute Gasteiger partial charge is 0.337 e. The van der Waals surface area contributed by atoms with Gasteiger partial charge in [0.05, 0.1) is 38.0 Å². The van der Waals surface area contributed by atoms with Crippen molar-refractivity contribution in [1.82, 2.24) is 0 Å². The molecule has 176 valence electrons. The first-order chi connectivity index (χ1) is 17.0. The zero-order valence-electron chi connectivity index (χ0n) is 19.5. The Morgan fingerprint density at radius 3 is 2.34 bits per heavy atom. The molecule has 0 spiro atoms. The number of carbonyl (C=O) groups excluding carboxylic acids is 2. The molecule has 0 heterocycles. The van der Waals surface area contributed by atoms with Gasteiger partial charge in [-0.25, -0.2) is 4.79 Å². The molecule has 0 atom stereocenters. The zero-order chi connectivity index (χ0) is 25.0. The first kappa shape index (κ1) is 24.9. The van der Waals surface area contributed by atoms with Gasteiger partial charge in [-0.2, -0.15) is 5.26 Å². The van der Waals surface area contributed by atoms with E-state index in [0.29, 0.717) is 46.9 Å². The van der Waals surface area contributed by atoms with E-state index < -0.39 is 5.97 Å². The lowest BCUT2D eigenvalue weighted by Gasteiger charge is -2.11. The third-order valence-corrected chi connectivity index (χ3v) is 4.88. The van der Waals surface area contributed by atoms with E-state index in [-0.39, 0.29) is 12.3 Å². The van der Waals surface area contributed by atoms with Crippen molar-refractivity contribution in [3.8, 4) is 29.4 Å². The van der Waals surface area contributed by atoms with E-state index in [1.165, 1.54) is 14.2 Å². The van der Waals surface area contributed by atoms with Crippen LogP contribution in [0.2, 0.25) is 0 Å². The van der Waals surface area contributed by atoms with Crippen LogP contribution in [0, 0.1) is 23.2 Å². The van der Waals surface area contributed by atoms with Crippen molar-refractivity contribution in [2.24, 2.45) is 0 Å². The highest BCUT2D eigenvalue weighted by Gasteiger charge is 2.08. The summed E-state index contributed by atoms with van der Waals surface area (Å²) in [6.07, 6.45) is 0.778. The molecular weight excluding hydrogens is 444 g/mol. The van der Waals surface area contributed by atoms with E-state index in [1.54, 1.807) is 54.6 Å². The Bertz CT molecular complexity index is 1310. The van der Waals surface area contributed by atoms with Gasteiger partial charge < -0.3 is 19.5 Å². The molecule has 0 aliphatic heterocycles. The third-order valence-electron chi connectivity index (χ3n) is 4.88. The molecule has 0 fully saturated rings. The summed E-state index contributed by atoms with van der Waals surface area (Å²) in [7, 11) is 2.84. The zero-order valence-corrected chi connectivity index (χ0v) is 19.5. The number of amides is 1. The summed E-state index contributed by atoms with van der Waals surface area (Å²) in [6.45, 7) is 0.325. The minimum Gasteiger partial charge on any atom is -0.493 e. The minimum atomic E-state index is -0.417. The fourth-order valence-electron chi connectivity index (χ4n) is 3.16. The largest absolute Gasteiger partial charge is 0.493 e. The second kappa shape index (κ2) is 12.5. The molecule has 1 N–H and O–H groups in total. The van der Waals surface area contributed by atoms with E-state index in [9.17, 15) is 9.59 Å². The normalized spacial score (nSPS) is 9.74. The van der Waals surface area contributed by atoms with Crippen LogP contribution in [0.15, 0.2) is 66.7 Å². The lowest BCUT2D eigenvalue weighted by molar-refractivity contribution is -0.116. The van der Waals surface area contributed by atoms with Gasteiger partial charge in [-0.1, -0.05) is 24.0 Å². The summed E-state index contributed by atoms with van der Waals surface area (Å²) < 4.78 is 15.7. The maximum atomic E-state index is 12.3. The number of nitriles is 1. The van der Waals surface area contributed by atoms with E-state index >= 15 is 0 Å². The van der Waals surface area contributed by atoms with E-state index in [4.69, 9.17) is 19.5 Å². The molecule has 0 unspecified atom stereocenters. The lowest BCUT2D eigenvalue weighted by atomic mass is 10.1. The number of hydrogen-bond acceptors (Lipinski definition) is 6. The summed E-state index contributed by atoms with van der Waals surface area (Å²) in [6, 6.07) is 21.1. The predicted octanol–water partition coefficient (Wildman–Crippen LogP) is 4.55. The molecule has 0 bridgehead atoms. The van der Waals surface area contributed by atoms with Gasteiger partial charge in [0.25, 0.3) is 0 Å².